The van der Waals surface area contributed by atoms with Crippen LogP contribution in [-0.2, 0) is 9.53 Å². The monoisotopic (exact) mass is 541 g/mol. The van der Waals surface area contributed by atoms with E-state index in [0.29, 0.717) is 36.8 Å². The van der Waals surface area contributed by atoms with Gasteiger partial charge in [-0.05, 0) is 41.8 Å². The highest BCUT2D eigenvalue weighted by Gasteiger charge is 2.24. The highest BCUT2D eigenvalue weighted by Crippen LogP contribution is 2.36. The number of amides is 1. The third-order valence-corrected chi connectivity index (χ3v) is 8.09. The predicted molar refractivity (Wildman–Crippen MR) is 153 cm³/mol. The lowest BCUT2D eigenvalue weighted by atomic mass is 9.99. The topological polar surface area (TPSA) is 62.7 Å². The molecule has 1 aliphatic heterocycles. The Morgan fingerprint density at radius 1 is 0.895 bits per heavy atom. The zero-order valence-electron chi connectivity index (χ0n) is 20.5. The maximum absolute atomic E-state index is 13.2. The lowest BCUT2D eigenvalue weighted by Gasteiger charge is -2.36. The van der Waals surface area contributed by atoms with E-state index in [0.717, 1.165) is 37.2 Å². The number of esters is 1. The van der Waals surface area contributed by atoms with E-state index in [2.05, 4.69) is 4.90 Å². The molecule has 2 heterocycles. The molecular weight excluding hydrogens is 518 g/mol. The number of hydrogen-bond acceptors (Lipinski definition) is 6. The minimum atomic E-state index is -0.518. The van der Waals surface area contributed by atoms with Gasteiger partial charge in [-0.25, -0.2) is 9.78 Å². The number of piperazine rings is 1. The molecule has 0 radical (unpaired) electrons. The van der Waals surface area contributed by atoms with E-state index in [1.807, 2.05) is 78.9 Å². The second-order valence-electron chi connectivity index (χ2n) is 9.12. The Morgan fingerprint density at radius 2 is 1.66 bits per heavy atom. The molecule has 1 aliphatic rings. The van der Waals surface area contributed by atoms with Crippen molar-refractivity contribution in [3.8, 4) is 10.6 Å². The van der Waals surface area contributed by atoms with Gasteiger partial charge in [0.1, 0.15) is 5.01 Å². The Balaban J connectivity index is 1.17. The van der Waals surface area contributed by atoms with E-state index in [9.17, 15) is 9.59 Å². The molecule has 1 fully saturated rings. The van der Waals surface area contributed by atoms with Gasteiger partial charge in [0.2, 0.25) is 0 Å². The van der Waals surface area contributed by atoms with Crippen LogP contribution in [0.15, 0.2) is 84.9 Å². The summed E-state index contributed by atoms with van der Waals surface area (Å²) >= 11 is 7.71. The Bertz CT molecular complexity index is 1620. The summed E-state index contributed by atoms with van der Waals surface area (Å²) < 4.78 is 6.63. The molecule has 38 heavy (non-hydrogen) atoms. The normalized spacial score (nSPS) is 13.7. The number of nitrogens with zero attached hydrogens (tertiary/aromatic N) is 3. The number of thiazole rings is 1. The second-order valence-corrected chi connectivity index (χ2v) is 10.6. The number of halogens is 1. The summed E-state index contributed by atoms with van der Waals surface area (Å²) in [6, 6.07) is 27.1. The van der Waals surface area contributed by atoms with Crippen molar-refractivity contribution in [1.82, 2.24) is 9.88 Å². The van der Waals surface area contributed by atoms with Crippen molar-refractivity contribution < 1.29 is 14.3 Å². The number of anilines is 1. The molecular formula is C30H24ClN3O3S. The first-order valence-electron chi connectivity index (χ1n) is 12.4. The number of benzene rings is 4. The van der Waals surface area contributed by atoms with Crippen LogP contribution >= 0.6 is 22.9 Å². The number of carbonyl (C=O) groups excluding carboxylic acids is 2. The van der Waals surface area contributed by atoms with Crippen molar-refractivity contribution in [2.45, 2.75) is 0 Å². The average Bonchev–Trinajstić information content (AvgIpc) is 3.39. The van der Waals surface area contributed by atoms with Gasteiger partial charge in [-0.15, -0.1) is 11.3 Å². The number of fused-ring (bicyclic) bond motifs is 2. The van der Waals surface area contributed by atoms with Gasteiger partial charge in [-0.2, -0.15) is 0 Å². The van der Waals surface area contributed by atoms with Crippen LogP contribution in [0.5, 0.6) is 0 Å². The summed E-state index contributed by atoms with van der Waals surface area (Å²) in [6.45, 7) is 2.19. The van der Waals surface area contributed by atoms with Gasteiger partial charge in [0.05, 0.1) is 15.8 Å². The number of rotatable bonds is 5. The van der Waals surface area contributed by atoms with Crippen LogP contribution in [-0.4, -0.2) is 54.5 Å². The minimum Gasteiger partial charge on any atom is -0.452 e. The lowest BCUT2D eigenvalue weighted by Crippen LogP contribution is -2.49. The first-order chi connectivity index (χ1) is 18.6. The van der Waals surface area contributed by atoms with Crippen molar-refractivity contribution >= 4 is 61.5 Å². The maximum atomic E-state index is 13.2. The minimum absolute atomic E-state index is 0.198. The summed E-state index contributed by atoms with van der Waals surface area (Å²) in [5, 5.41) is 3.22. The predicted octanol–water partition coefficient (Wildman–Crippen LogP) is 6.28. The van der Waals surface area contributed by atoms with Gasteiger partial charge in [-0.1, -0.05) is 60.1 Å². The van der Waals surface area contributed by atoms with Crippen molar-refractivity contribution in [2.24, 2.45) is 0 Å². The molecule has 0 bridgehead atoms. The molecule has 0 spiro atoms. The Kier molecular flexibility index (Phi) is 6.70. The van der Waals surface area contributed by atoms with Crippen molar-refractivity contribution in [2.75, 3.05) is 37.7 Å². The standard InChI is InChI=1S/C30H24ClN3O3S/c31-21-8-5-9-22(18-21)33-14-16-34(17-15-33)27(35)19-37-30(36)24-11-4-7-20-6-3-10-23(28(20)24)29-32-25-12-1-2-13-26(25)38-29/h1-13,18H,14-17,19H2. The Hall–Kier alpha value is -3.94. The molecule has 0 atom stereocenters. The molecule has 0 aliphatic carbocycles. The SMILES string of the molecule is O=C(OCC(=O)N1CCN(c2cccc(Cl)c2)CC1)c1cccc2cccc(-c3nc4ccccc4s3)c12. The average molecular weight is 542 g/mol. The molecule has 0 saturated carbocycles. The van der Waals surface area contributed by atoms with E-state index >= 15 is 0 Å². The summed E-state index contributed by atoms with van der Waals surface area (Å²) in [4.78, 5) is 34.9. The van der Waals surface area contributed by atoms with Crippen LogP contribution < -0.4 is 4.90 Å². The van der Waals surface area contributed by atoms with E-state index in [1.165, 1.54) is 0 Å². The van der Waals surface area contributed by atoms with Crippen LogP contribution in [0.4, 0.5) is 5.69 Å². The largest absolute Gasteiger partial charge is 0.452 e. The lowest BCUT2D eigenvalue weighted by molar-refractivity contribution is -0.134. The van der Waals surface area contributed by atoms with E-state index < -0.39 is 5.97 Å². The molecule has 190 valence electrons. The molecule has 1 saturated heterocycles. The Labute approximate surface area is 229 Å². The number of ether oxygens (including phenoxy) is 1. The van der Waals surface area contributed by atoms with Crippen LogP contribution in [0.3, 0.4) is 0 Å². The fourth-order valence-corrected chi connectivity index (χ4v) is 6.04. The quantitative estimate of drug-likeness (QED) is 0.245. The number of para-hydroxylation sites is 1. The van der Waals surface area contributed by atoms with Crippen LogP contribution in [0, 0.1) is 0 Å². The van der Waals surface area contributed by atoms with E-state index in [1.54, 1.807) is 22.3 Å². The number of aromatic nitrogens is 1. The molecule has 4 aromatic carbocycles. The summed E-state index contributed by atoms with van der Waals surface area (Å²) in [5.74, 6) is -0.717. The number of carbonyl (C=O) groups is 2. The second kappa shape index (κ2) is 10.4. The van der Waals surface area contributed by atoms with Gasteiger partial charge < -0.3 is 14.5 Å². The van der Waals surface area contributed by atoms with Gasteiger partial charge in [0, 0.05) is 47.8 Å². The first-order valence-corrected chi connectivity index (χ1v) is 13.6. The Morgan fingerprint density at radius 3 is 2.45 bits per heavy atom. The van der Waals surface area contributed by atoms with Gasteiger partial charge in [0.25, 0.3) is 5.91 Å². The molecule has 5 aromatic rings. The molecule has 8 heteroatoms. The van der Waals surface area contributed by atoms with Crippen molar-refractivity contribution in [3.05, 3.63) is 95.5 Å². The molecule has 6 nitrogen and oxygen atoms in total. The zero-order chi connectivity index (χ0) is 26.1. The van der Waals surface area contributed by atoms with E-state index in [4.69, 9.17) is 21.3 Å². The highest BCUT2D eigenvalue weighted by atomic mass is 35.5. The molecule has 1 amide bonds. The first kappa shape index (κ1) is 24.4. The van der Waals surface area contributed by atoms with Gasteiger partial charge in [-0.3, -0.25) is 4.79 Å². The van der Waals surface area contributed by atoms with Gasteiger partial charge >= 0.3 is 5.97 Å². The third-order valence-electron chi connectivity index (χ3n) is 6.78. The zero-order valence-corrected chi connectivity index (χ0v) is 22.0. The summed E-state index contributed by atoms with van der Waals surface area (Å²) in [6.07, 6.45) is 0. The van der Waals surface area contributed by atoms with Crippen LogP contribution in [0.25, 0.3) is 31.6 Å². The highest BCUT2D eigenvalue weighted by molar-refractivity contribution is 7.21. The third kappa shape index (κ3) is 4.83. The summed E-state index contributed by atoms with van der Waals surface area (Å²) in [5.41, 5.74) is 3.26. The van der Waals surface area contributed by atoms with E-state index in [-0.39, 0.29) is 12.5 Å². The molecule has 6 rings (SSSR count). The summed E-state index contributed by atoms with van der Waals surface area (Å²) in [7, 11) is 0. The maximum Gasteiger partial charge on any atom is 0.339 e. The fraction of sp³-hybridized carbons (Fsp3) is 0.167. The van der Waals surface area contributed by atoms with Crippen LogP contribution in [0.2, 0.25) is 5.02 Å². The fourth-order valence-electron chi connectivity index (χ4n) is 4.86. The smallest absolute Gasteiger partial charge is 0.339 e. The number of hydrogen-bond donors (Lipinski definition) is 0. The van der Waals surface area contributed by atoms with Crippen molar-refractivity contribution in [3.63, 3.8) is 0 Å². The molecule has 0 N–H and O–H groups in total. The van der Waals surface area contributed by atoms with Gasteiger partial charge in [0.15, 0.2) is 6.61 Å². The molecule has 1 aromatic heterocycles. The van der Waals surface area contributed by atoms with Crippen LogP contribution in [0.1, 0.15) is 10.4 Å². The molecule has 0 unspecified atom stereocenters. The van der Waals surface area contributed by atoms with Crippen molar-refractivity contribution in [1.29, 1.82) is 0 Å².